The molecule has 1 aromatic carbocycles. The summed E-state index contributed by atoms with van der Waals surface area (Å²) in [6.07, 6.45) is -2.98. The highest BCUT2D eigenvalue weighted by molar-refractivity contribution is 7.92. The molecular weight excluding hydrogens is 355 g/mol. The molecule has 2 aromatic rings. The Morgan fingerprint density at radius 2 is 1.68 bits per heavy atom. The number of sulfone groups is 1. The predicted molar refractivity (Wildman–Crippen MR) is 85.9 cm³/mol. The number of nitrogens with zero attached hydrogens (tertiary/aromatic N) is 3. The van der Waals surface area contributed by atoms with Crippen molar-refractivity contribution in [1.82, 2.24) is 9.97 Å². The van der Waals surface area contributed by atoms with Crippen LogP contribution in [0.4, 0.5) is 19.0 Å². The Labute approximate surface area is 143 Å². The van der Waals surface area contributed by atoms with E-state index in [1.54, 1.807) is 35.2 Å². The summed E-state index contributed by atoms with van der Waals surface area (Å²) in [6, 6.07) is 9.09. The lowest BCUT2D eigenvalue weighted by Gasteiger charge is -2.32. The third-order valence-electron chi connectivity index (χ3n) is 4.22. The summed E-state index contributed by atoms with van der Waals surface area (Å²) in [7, 11) is -3.44. The first-order chi connectivity index (χ1) is 11.8. The van der Waals surface area contributed by atoms with Crippen LogP contribution in [-0.2, 0) is 16.0 Å². The maximum atomic E-state index is 12.8. The van der Waals surface area contributed by atoms with Gasteiger partial charge in [0.05, 0.1) is 10.1 Å². The molecule has 134 valence electrons. The predicted octanol–water partition coefficient (Wildman–Crippen LogP) is 2.94. The van der Waals surface area contributed by atoms with Gasteiger partial charge in [0, 0.05) is 19.2 Å². The molecule has 1 aromatic heterocycles. The maximum Gasteiger partial charge on any atom is 0.433 e. The van der Waals surface area contributed by atoms with Crippen LogP contribution in [-0.4, -0.2) is 36.7 Å². The number of anilines is 1. The molecule has 1 saturated heterocycles. The van der Waals surface area contributed by atoms with Gasteiger partial charge in [-0.05, 0) is 25.0 Å². The second-order valence-corrected chi connectivity index (χ2v) is 8.03. The van der Waals surface area contributed by atoms with Crippen LogP contribution in [0, 0.1) is 0 Å². The van der Waals surface area contributed by atoms with E-state index in [2.05, 4.69) is 9.97 Å². The van der Waals surface area contributed by atoms with Gasteiger partial charge in [-0.3, -0.25) is 0 Å². The highest BCUT2D eigenvalue weighted by Gasteiger charge is 2.35. The minimum absolute atomic E-state index is 0.165. The van der Waals surface area contributed by atoms with Gasteiger partial charge in [-0.1, -0.05) is 18.2 Å². The van der Waals surface area contributed by atoms with Gasteiger partial charge in [-0.25, -0.2) is 18.4 Å². The molecule has 0 saturated carbocycles. The van der Waals surface area contributed by atoms with Crippen LogP contribution in [0.25, 0.3) is 0 Å². The van der Waals surface area contributed by atoms with E-state index in [-0.39, 0.29) is 10.7 Å². The van der Waals surface area contributed by atoms with E-state index in [4.69, 9.17) is 0 Å². The molecule has 0 atom stereocenters. The van der Waals surface area contributed by atoms with Crippen LogP contribution >= 0.6 is 0 Å². The molecule has 2 heterocycles. The van der Waals surface area contributed by atoms with Crippen molar-refractivity contribution < 1.29 is 21.6 Å². The molecule has 0 N–H and O–H groups in total. The van der Waals surface area contributed by atoms with E-state index in [1.165, 1.54) is 0 Å². The van der Waals surface area contributed by atoms with Crippen molar-refractivity contribution in [3.63, 3.8) is 0 Å². The van der Waals surface area contributed by atoms with Gasteiger partial charge in [0.25, 0.3) is 0 Å². The van der Waals surface area contributed by atoms with Gasteiger partial charge in [0.15, 0.2) is 9.84 Å². The average Bonchev–Trinajstić information content (AvgIpc) is 2.62. The van der Waals surface area contributed by atoms with Crippen molar-refractivity contribution in [2.75, 3.05) is 18.0 Å². The first kappa shape index (κ1) is 17.7. The molecule has 1 aliphatic rings. The van der Waals surface area contributed by atoms with Gasteiger partial charge in [0.1, 0.15) is 17.8 Å². The molecule has 3 rings (SSSR count). The smallest absolute Gasteiger partial charge is 0.356 e. The summed E-state index contributed by atoms with van der Waals surface area (Å²) >= 11 is 0. The van der Waals surface area contributed by atoms with Crippen molar-refractivity contribution in [2.45, 2.75) is 29.2 Å². The zero-order valence-electron chi connectivity index (χ0n) is 13.1. The van der Waals surface area contributed by atoms with Crippen LogP contribution in [0.2, 0.25) is 0 Å². The summed E-state index contributed by atoms with van der Waals surface area (Å²) in [6.45, 7) is 0.649. The number of aromatic nitrogens is 2. The SMILES string of the molecule is O=S(=O)(c1ccccc1)C1CCN(c2cc(C(F)(F)F)ncn2)CC1. The first-order valence-electron chi connectivity index (χ1n) is 7.71. The topological polar surface area (TPSA) is 63.2 Å². The van der Waals surface area contributed by atoms with Gasteiger partial charge in [0.2, 0.25) is 0 Å². The molecular formula is C16H16F3N3O2S. The number of halogens is 3. The van der Waals surface area contributed by atoms with E-state index in [0.717, 1.165) is 12.4 Å². The summed E-state index contributed by atoms with van der Waals surface area (Å²) in [5.74, 6) is 0.165. The number of rotatable bonds is 3. The van der Waals surface area contributed by atoms with Crippen LogP contribution in [0.3, 0.4) is 0 Å². The van der Waals surface area contributed by atoms with Crippen molar-refractivity contribution in [3.8, 4) is 0 Å². The maximum absolute atomic E-state index is 12.8. The van der Waals surface area contributed by atoms with E-state index in [1.807, 2.05) is 0 Å². The van der Waals surface area contributed by atoms with E-state index >= 15 is 0 Å². The Hall–Kier alpha value is -2.16. The van der Waals surface area contributed by atoms with Crippen LogP contribution in [0.1, 0.15) is 18.5 Å². The molecule has 0 aliphatic carbocycles. The summed E-state index contributed by atoms with van der Waals surface area (Å²) in [5.41, 5.74) is -1.00. The summed E-state index contributed by atoms with van der Waals surface area (Å²) in [4.78, 5) is 9.06. The minimum atomic E-state index is -4.54. The van der Waals surface area contributed by atoms with Gasteiger partial charge < -0.3 is 4.90 Å². The highest BCUT2D eigenvalue weighted by atomic mass is 32.2. The zero-order valence-corrected chi connectivity index (χ0v) is 14.0. The normalized spacial score (nSPS) is 16.8. The lowest BCUT2D eigenvalue weighted by Crippen LogP contribution is -2.39. The molecule has 1 aliphatic heterocycles. The molecule has 0 bridgehead atoms. The second kappa shape index (κ2) is 6.62. The van der Waals surface area contributed by atoms with Crippen molar-refractivity contribution in [1.29, 1.82) is 0 Å². The fourth-order valence-electron chi connectivity index (χ4n) is 2.87. The largest absolute Gasteiger partial charge is 0.433 e. The number of hydrogen-bond acceptors (Lipinski definition) is 5. The molecule has 9 heteroatoms. The Bertz CT molecular complexity index is 833. The molecule has 0 unspecified atom stereocenters. The first-order valence-corrected chi connectivity index (χ1v) is 9.26. The van der Waals surface area contributed by atoms with E-state index in [0.29, 0.717) is 25.9 Å². The Balaban J connectivity index is 1.72. The quantitative estimate of drug-likeness (QED) is 0.830. The van der Waals surface area contributed by atoms with Gasteiger partial charge >= 0.3 is 6.18 Å². The number of piperidine rings is 1. The molecule has 0 radical (unpaired) electrons. The standard InChI is InChI=1S/C16H16F3N3O2S/c17-16(18,19)14-10-15(21-11-20-14)22-8-6-13(7-9-22)25(23,24)12-4-2-1-3-5-12/h1-5,10-11,13H,6-9H2. The number of benzene rings is 1. The van der Waals surface area contributed by atoms with Crippen molar-refractivity contribution >= 4 is 15.7 Å². The van der Waals surface area contributed by atoms with E-state index in [9.17, 15) is 21.6 Å². The van der Waals surface area contributed by atoms with E-state index < -0.39 is 27.0 Å². The van der Waals surface area contributed by atoms with Gasteiger partial charge in [-0.2, -0.15) is 13.2 Å². The van der Waals surface area contributed by atoms with Crippen LogP contribution in [0.15, 0.2) is 47.6 Å². The summed E-state index contributed by atoms with van der Waals surface area (Å²) < 4.78 is 63.5. The monoisotopic (exact) mass is 371 g/mol. The van der Waals surface area contributed by atoms with Crippen molar-refractivity contribution in [3.05, 3.63) is 48.4 Å². The van der Waals surface area contributed by atoms with Crippen LogP contribution in [0.5, 0.6) is 0 Å². The zero-order chi connectivity index (χ0) is 18.1. The minimum Gasteiger partial charge on any atom is -0.356 e. The number of alkyl halides is 3. The highest BCUT2D eigenvalue weighted by Crippen LogP contribution is 2.31. The molecule has 1 fully saturated rings. The second-order valence-electron chi connectivity index (χ2n) is 5.80. The summed E-state index contributed by atoms with van der Waals surface area (Å²) in [5, 5.41) is -0.546. The average molecular weight is 371 g/mol. The fourth-order valence-corrected chi connectivity index (χ4v) is 4.63. The van der Waals surface area contributed by atoms with Crippen molar-refractivity contribution in [2.24, 2.45) is 0 Å². The lowest BCUT2D eigenvalue weighted by molar-refractivity contribution is -0.141. The third kappa shape index (κ3) is 3.76. The third-order valence-corrected chi connectivity index (χ3v) is 6.50. The lowest BCUT2D eigenvalue weighted by atomic mass is 10.1. The van der Waals surface area contributed by atoms with Gasteiger partial charge in [-0.15, -0.1) is 0 Å². The Morgan fingerprint density at radius 1 is 1.04 bits per heavy atom. The molecule has 0 amide bonds. The Kier molecular flexibility index (Phi) is 4.68. The molecule has 25 heavy (non-hydrogen) atoms. The number of hydrogen-bond donors (Lipinski definition) is 0. The fraction of sp³-hybridized carbons (Fsp3) is 0.375. The van der Waals surface area contributed by atoms with Crippen LogP contribution < -0.4 is 4.90 Å². The molecule has 5 nitrogen and oxygen atoms in total. The molecule has 0 spiro atoms. The Morgan fingerprint density at radius 3 is 2.28 bits per heavy atom.